The number of para-hydroxylation sites is 1. The minimum Gasteiger partial charge on any atom is -0.398 e. The normalized spacial score (nSPS) is 38.1. The minimum atomic E-state index is 0.269. The molecule has 4 fully saturated rings. The summed E-state index contributed by atoms with van der Waals surface area (Å²) in [6, 6.07) is 7.55. The molecule has 0 heterocycles. The Labute approximate surface area is 120 Å². The van der Waals surface area contributed by atoms with Crippen LogP contribution in [-0.2, 0) is 0 Å². The molecule has 0 atom stereocenters. The fourth-order valence-corrected chi connectivity index (χ4v) is 5.69. The molecule has 0 aromatic heterocycles. The van der Waals surface area contributed by atoms with Crippen LogP contribution in [0.25, 0.3) is 0 Å². The van der Waals surface area contributed by atoms with E-state index < -0.39 is 0 Å². The lowest BCUT2D eigenvalue weighted by molar-refractivity contribution is -0.0524. The van der Waals surface area contributed by atoms with Gasteiger partial charge in [-0.1, -0.05) is 12.1 Å². The van der Waals surface area contributed by atoms with Crippen molar-refractivity contribution < 1.29 is 4.79 Å². The molecule has 1 aromatic rings. The quantitative estimate of drug-likeness (QED) is 0.664. The predicted octanol–water partition coefficient (Wildman–Crippen LogP) is 4.06. The molecule has 0 aliphatic heterocycles. The Kier molecular flexibility index (Phi) is 2.70. The molecule has 4 bridgehead atoms. The smallest absolute Gasteiger partial charge is 0.165 e. The van der Waals surface area contributed by atoms with E-state index in [-0.39, 0.29) is 5.78 Å². The second kappa shape index (κ2) is 4.34. The van der Waals surface area contributed by atoms with E-state index in [2.05, 4.69) is 0 Å². The van der Waals surface area contributed by atoms with Crippen molar-refractivity contribution in [1.29, 1.82) is 0 Å². The highest BCUT2D eigenvalue weighted by molar-refractivity contribution is 6.01. The Morgan fingerprint density at radius 2 is 1.60 bits per heavy atom. The summed E-state index contributed by atoms with van der Waals surface area (Å²) in [5.74, 6) is 2.98. The third-order valence-corrected chi connectivity index (χ3v) is 5.96. The lowest BCUT2D eigenvalue weighted by Gasteiger charge is -2.56. The second-order valence-electron chi connectivity index (χ2n) is 7.60. The molecule has 0 radical (unpaired) electrons. The summed E-state index contributed by atoms with van der Waals surface area (Å²) in [5.41, 5.74) is 7.66. The number of Topliss-reactive ketones (excluding diaryl/α,β-unsaturated/α-hetero) is 1. The van der Waals surface area contributed by atoms with Crippen LogP contribution < -0.4 is 5.73 Å². The second-order valence-corrected chi connectivity index (χ2v) is 7.60. The average Bonchev–Trinajstić information content (AvgIpc) is 2.36. The highest BCUT2D eigenvalue weighted by atomic mass is 16.1. The van der Waals surface area contributed by atoms with Gasteiger partial charge in [-0.3, -0.25) is 4.79 Å². The predicted molar refractivity (Wildman–Crippen MR) is 80.4 cm³/mol. The highest BCUT2D eigenvalue weighted by Crippen LogP contribution is 2.61. The van der Waals surface area contributed by atoms with E-state index in [0.29, 0.717) is 11.1 Å². The summed E-state index contributed by atoms with van der Waals surface area (Å²) in [7, 11) is 0. The number of benzene rings is 1. The number of rotatable bonds is 3. The standard InChI is InChI=1S/C18H23NO/c19-16-4-2-1-3-15(16)17(20)11-18-8-12-5-13(9-18)7-14(6-12)10-18/h1-4,12-14H,5-11,19H2. The number of nitrogens with two attached hydrogens (primary N) is 1. The number of hydrogen-bond donors (Lipinski definition) is 1. The van der Waals surface area contributed by atoms with E-state index in [1.54, 1.807) is 0 Å². The lowest BCUT2D eigenvalue weighted by atomic mass is 9.48. The number of nitrogen functional groups attached to an aromatic ring is 1. The largest absolute Gasteiger partial charge is 0.398 e. The van der Waals surface area contributed by atoms with E-state index in [1.807, 2.05) is 24.3 Å². The van der Waals surface area contributed by atoms with Crippen LogP contribution in [0, 0.1) is 23.2 Å². The van der Waals surface area contributed by atoms with Gasteiger partial charge in [-0.25, -0.2) is 0 Å². The first-order valence-corrected chi connectivity index (χ1v) is 8.01. The van der Waals surface area contributed by atoms with Crippen molar-refractivity contribution >= 4 is 11.5 Å². The fourth-order valence-electron chi connectivity index (χ4n) is 5.69. The monoisotopic (exact) mass is 269 g/mol. The Hall–Kier alpha value is -1.31. The highest BCUT2D eigenvalue weighted by Gasteiger charge is 2.51. The summed E-state index contributed by atoms with van der Waals surface area (Å²) in [6.07, 6.45) is 8.89. The van der Waals surface area contributed by atoms with Crippen LogP contribution in [0.3, 0.4) is 0 Å². The summed E-state index contributed by atoms with van der Waals surface area (Å²) < 4.78 is 0. The molecule has 106 valence electrons. The topological polar surface area (TPSA) is 43.1 Å². The molecular weight excluding hydrogens is 246 g/mol. The molecule has 0 saturated heterocycles. The van der Waals surface area contributed by atoms with Crippen molar-refractivity contribution in [2.24, 2.45) is 23.2 Å². The van der Waals surface area contributed by atoms with Gasteiger partial charge in [0.1, 0.15) is 0 Å². The van der Waals surface area contributed by atoms with E-state index in [4.69, 9.17) is 5.73 Å². The zero-order valence-corrected chi connectivity index (χ0v) is 12.0. The van der Waals surface area contributed by atoms with Crippen LogP contribution in [0.2, 0.25) is 0 Å². The number of hydrogen-bond acceptors (Lipinski definition) is 2. The molecular formula is C18H23NO. The van der Waals surface area contributed by atoms with Gasteiger partial charge < -0.3 is 5.73 Å². The van der Waals surface area contributed by atoms with Crippen molar-refractivity contribution in [1.82, 2.24) is 0 Å². The van der Waals surface area contributed by atoms with Gasteiger partial charge in [0.2, 0.25) is 0 Å². The molecule has 4 saturated carbocycles. The van der Waals surface area contributed by atoms with Gasteiger partial charge in [0.15, 0.2) is 5.78 Å². The summed E-state index contributed by atoms with van der Waals surface area (Å²) in [4.78, 5) is 12.7. The maximum atomic E-state index is 12.7. The molecule has 2 N–H and O–H groups in total. The van der Waals surface area contributed by atoms with Crippen molar-refractivity contribution in [2.45, 2.75) is 44.9 Å². The Balaban J connectivity index is 1.57. The summed E-state index contributed by atoms with van der Waals surface area (Å²) in [5, 5.41) is 0. The maximum absolute atomic E-state index is 12.7. The Bertz CT molecular complexity index is 513. The van der Waals surface area contributed by atoms with E-state index in [0.717, 1.165) is 29.7 Å². The Morgan fingerprint density at radius 3 is 2.15 bits per heavy atom. The van der Waals surface area contributed by atoms with E-state index >= 15 is 0 Å². The van der Waals surface area contributed by atoms with Gasteiger partial charge in [-0.15, -0.1) is 0 Å². The van der Waals surface area contributed by atoms with Crippen LogP contribution in [0.1, 0.15) is 55.3 Å². The van der Waals surface area contributed by atoms with Crippen molar-refractivity contribution in [3.8, 4) is 0 Å². The molecule has 1 aromatic carbocycles. The number of carbonyl (C=O) groups is 1. The van der Waals surface area contributed by atoms with E-state index in [9.17, 15) is 4.79 Å². The molecule has 0 spiro atoms. The molecule has 2 nitrogen and oxygen atoms in total. The van der Waals surface area contributed by atoms with Crippen LogP contribution in [0.15, 0.2) is 24.3 Å². The third-order valence-electron chi connectivity index (χ3n) is 5.96. The van der Waals surface area contributed by atoms with Crippen molar-refractivity contribution in [3.05, 3.63) is 29.8 Å². The van der Waals surface area contributed by atoms with Gasteiger partial charge in [-0.2, -0.15) is 0 Å². The summed E-state index contributed by atoms with van der Waals surface area (Å²) in [6.45, 7) is 0. The minimum absolute atomic E-state index is 0.269. The first-order chi connectivity index (χ1) is 9.63. The van der Waals surface area contributed by atoms with Crippen LogP contribution in [0.4, 0.5) is 5.69 Å². The van der Waals surface area contributed by atoms with Gasteiger partial charge in [0.05, 0.1) is 0 Å². The molecule has 0 unspecified atom stereocenters. The van der Waals surface area contributed by atoms with Crippen molar-refractivity contribution in [2.75, 3.05) is 5.73 Å². The SMILES string of the molecule is Nc1ccccc1C(=O)CC12CC3CC(CC(C3)C1)C2. The number of anilines is 1. The van der Waals surface area contributed by atoms with Gasteiger partial charge in [0.25, 0.3) is 0 Å². The first kappa shape index (κ1) is 12.4. The lowest BCUT2D eigenvalue weighted by Crippen LogP contribution is -2.46. The van der Waals surface area contributed by atoms with Gasteiger partial charge in [0, 0.05) is 17.7 Å². The average molecular weight is 269 g/mol. The zero-order chi connectivity index (χ0) is 13.7. The Morgan fingerprint density at radius 1 is 1.05 bits per heavy atom. The number of ketones is 1. The van der Waals surface area contributed by atoms with Crippen LogP contribution in [-0.4, -0.2) is 5.78 Å². The molecule has 4 aliphatic rings. The molecule has 0 amide bonds. The van der Waals surface area contributed by atoms with E-state index in [1.165, 1.54) is 38.5 Å². The molecule has 5 rings (SSSR count). The number of carbonyl (C=O) groups excluding carboxylic acids is 1. The summed E-state index contributed by atoms with van der Waals surface area (Å²) >= 11 is 0. The molecule has 20 heavy (non-hydrogen) atoms. The maximum Gasteiger partial charge on any atom is 0.165 e. The van der Waals surface area contributed by atoms with Crippen LogP contribution >= 0.6 is 0 Å². The molecule has 4 aliphatic carbocycles. The van der Waals surface area contributed by atoms with Crippen molar-refractivity contribution in [3.63, 3.8) is 0 Å². The van der Waals surface area contributed by atoms with Crippen LogP contribution in [0.5, 0.6) is 0 Å². The fraction of sp³-hybridized carbons (Fsp3) is 0.611. The van der Waals surface area contributed by atoms with Gasteiger partial charge >= 0.3 is 0 Å². The third kappa shape index (κ3) is 1.97. The van der Waals surface area contributed by atoms with Gasteiger partial charge in [-0.05, 0) is 73.8 Å². The first-order valence-electron chi connectivity index (χ1n) is 8.01. The molecule has 2 heteroatoms. The zero-order valence-electron chi connectivity index (χ0n) is 12.0.